The zero-order valence-electron chi connectivity index (χ0n) is 8.69. The van der Waals surface area contributed by atoms with E-state index >= 15 is 0 Å². The molecule has 0 aliphatic carbocycles. The Balaban J connectivity index is 2.08. The predicted molar refractivity (Wildman–Crippen MR) is 66.2 cm³/mol. The highest BCUT2D eigenvalue weighted by Crippen LogP contribution is 2.26. The summed E-state index contributed by atoms with van der Waals surface area (Å²) < 4.78 is 5.08. The van der Waals surface area contributed by atoms with E-state index in [1.54, 1.807) is 30.3 Å². The fourth-order valence-corrected chi connectivity index (χ4v) is 1.87. The second-order valence-electron chi connectivity index (χ2n) is 3.33. The average Bonchev–Trinajstić information content (AvgIpc) is 2.76. The molecular formula is C12H9Cl2NO2. The molecule has 1 atom stereocenters. The van der Waals surface area contributed by atoms with Crippen molar-refractivity contribution in [1.29, 1.82) is 0 Å². The molecule has 0 spiro atoms. The molecule has 0 bridgehead atoms. The molecule has 0 saturated heterocycles. The van der Waals surface area contributed by atoms with Gasteiger partial charge in [-0.05, 0) is 18.2 Å². The van der Waals surface area contributed by atoms with E-state index in [1.165, 1.54) is 6.26 Å². The topological polar surface area (TPSA) is 42.2 Å². The molecule has 0 fully saturated rings. The van der Waals surface area contributed by atoms with Gasteiger partial charge in [-0.25, -0.2) is 0 Å². The van der Waals surface area contributed by atoms with Gasteiger partial charge < -0.3 is 9.73 Å². The first kappa shape index (κ1) is 12.0. The van der Waals surface area contributed by atoms with Crippen molar-refractivity contribution in [2.75, 3.05) is 0 Å². The zero-order valence-corrected chi connectivity index (χ0v) is 10.2. The van der Waals surface area contributed by atoms with Crippen molar-refractivity contribution in [3.05, 3.63) is 59.0 Å². The van der Waals surface area contributed by atoms with E-state index in [2.05, 4.69) is 5.32 Å². The third-order valence-corrected chi connectivity index (χ3v) is 2.79. The van der Waals surface area contributed by atoms with Crippen LogP contribution in [0.25, 0.3) is 0 Å². The number of benzene rings is 1. The molecule has 5 heteroatoms. The Morgan fingerprint density at radius 3 is 2.53 bits per heavy atom. The summed E-state index contributed by atoms with van der Waals surface area (Å²) in [5, 5.41) is 2.98. The molecule has 0 aliphatic heterocycles. The maximum absolute atomic E-state index is 11.8. The van der Waals surface area contributed by atoms with Gasteiger partial charge in [0.25, 0.3) is 5.91 Å². The van der Waals surface area contributed by atoms with Crippen LogP contribution in [0.3, 0.4) is 0 Å². The summed E-state index contributed by atoms with van der Waals surface area (Å²) >= 11 is 11.8. The summed E-state index contributed by atoms with van der Waals surface area (Å²) in [6.07, 6.45) is 1.42. The minimum atomic E-state index is -0.787. The molecule has 2 aromatic rings. The number of carbonyl (C=O) groups is 1. The Morgan fingerprint density at radius 2 is 1.94 bits per heavy atom. The number of carbonyl (C=O) groups excluding carboxylic acids is 1. The maximum Gasteiger partial charge on any atom is 0.252 e. The smallest absolute Gasteiger partial charge is 0.252 e. The number of amides is 1. The van der Waals surface area contributed by atoms with Crippen LogP contribution in [-0.2, 0) is 0 Å². The number of nitrogens with one attached hydrogen (secondary N) is 1. The third kappa shape index (κ3) is 2.81. The van der Waals surface area contributed by atoms with E-state index in [9.17, 15) is 4.79 Å². The van der Waals surface area contributed by atoms with Gasteiger partial charge in [0.1, 0.15) is 0 Å². The predicted octanol–water partition coefficient (Wildman–Crippen LogP) is 3.60. The molecule has 1 N–H and O–H groups in total. The summed E-state index contributed by atoms with van der Waals surface area (Å²) in [5.41, 5.74) is -0.258. The molecule has 17 heavy (non-hydrogen) atoms. The number of hydrogen-bond donors (Lipinski definition) is 1. The van der Waals surface area contributed by atoms with Gasteiger partial charge in [-0.3, -0.25) is 4.79 Å². The van der Waals surface area contributed by atoms with Crippen LogP contribution in [0.1, 0.15) is 21.6 Å². The van der Waals surface area contributed by atoms with Gasteiger partial charge in [0, 0.05) is 5.56 Å². The van der Waals surface area contributed by atoms with Gasteiger partial charge in [-0.15, -0.1) is 0 Å². The van der Waals surface area contributed by atoms with Gasteiger partial charge in [-0.1, -0.05) is 41.4 Å². The molecule has 2 rings (SSSR count). The van der Waals surface area contributed by atoms with Gasteiger partial charge in [0.15, 0.2) is 11.3 Å². The third-order valence-electron chi connectivity index (χ3n) is 2.17. The van der Waals surface area contributed by atoms with Gasteiger partial charge in [0.2, 0.25) is 0 Å². The second-order valence-corrected chi connectivity index (χ2v) is 4.18. The normalized spacial score (nSPS) is 12.1. The van der Waals surface area contributed by atoms with E-state index < -0.39 is 5.50 Å². The van der Waals surface area contributed by atoms with Crippen LogP contribution in [0.2, 0.25) is 5.02 Å². The highest BCUT2D eigenvalue weighted by Gasteiger charge is 2.18. The Hall–Kier alpha value is -1.45. The quantitative estimate of drug-likeness (QED) is 0.684. The van der Waals surface area contributed by atoms with Crippen molar-refractivity contribution in [3.8, 4) is 0 Å². The lowest BCUT2D eigenvalue weighted by molar-refractivity contribution is 0.0945. The van der Waals surface area contributed by atoms with Crippen LogP contribution in [0.5, 0.6) is 0 Å². The number of halogens is 2. The Kier molecular flexibility index (Phi) is 3.71. The summed E-state index contributed by atoms with van der Waals surface area (Å²) in [4.78, 5) is 11.8. The molecule has 1 unspecified atom stereocenters. The molecule has 3 nitrogen and oxygen atoms in total. The SMILES string of the molecule is O=C(NC(Cl)c1occc1Cl)c1ccccc1. The first-order valence-corrected chi connectivity index (χ1v) is 5.73. The van der Waals surface area contributed by atoms with Crippen molar-refractivity contribution in [1.82, 2.24) is 5.32 Å². The van der Waals surface area contributed by atoms with Gasteiger partial charge in [-0.2, -0.15) is 0 Å². The summed E-state index contributed by atoms with van der Waals surface area (Å²) in [5.74, 6) is 0.0516. The van der Waals surface area contributed by atoms with Gasteiger partial charge >= 0.3 is 0 Å². The van der Waals surface area contributed by atoms with Crippen molar-refractivity contribution in [3.63, 3.8) is 0 Å². The molecule has 1 heterocycles. The lowest BCUT2D eigenvalue weighted by Gasteiger charge is -2.09. The van der Waals surface area contributed by atoms with Crippen LogP contribution in [0.4, 0.5) is 0 Å². The minimum absolute atomic E-state index is 0.280. The average molecular weight is 270 g/mol. The fraction of sp³-hybridized carbons (Fsp3) is 0.0833. The van der Waals surface area contributed by atoms with E-state index in [0.717, 1.165) is 0 Å². The summed E-state index contributed by atoms with van der Waals surface area (Å²) in [7, 11) is 0. The van der Waals surface area contributed by atoms with Crippen LogP contribution in [0, 0.1) is 0 Å². The maximum atomic E-state index is 11.8. The zero-order chi connectivity index (χ0) is 12.3. The minimum Gasteiger partial charge on any atom is -0.464 e. The molecule has 1 amide bonds. The van der Waals surface area contributed by atoms with Crippen molar-refractivity contribution >= 4 is 29.1 Å². The first-order chi connectivity index (χ1) is 8.18. The standard InChI is InChI=1S/C12H9Cl2NO2/c13-9-6-7-17-10(9)11(14)15-12(16)8-4-2-1-3-5-8/h1-7,11H,(H,15,16). The molecule has 1 aromatic carbocycles. The van der Waals surface area contributed by atoms with E-state index in [1.807, 2.05) is 6.07 Å². The summed E-state index contributed by atoms with van der Waals surface area (Å²) in [6.45, 7) is 0. The van der Waals surface area contributed by atoms with E-state index in [0.29, 0.717) is 16.3 Å². The van der Waals surface area contributed by atoms with Crippen LogP contribution in [0.15, 0.2) is 47.1 Å². The lowest BCUT2D eigenvalue weighted by atomic mass is 10.2. The first-order valence-electron chi connectivity index (χ1n) is 4.91. The lowest BCUT2D eigenvalue weighted by Crippen LogP contribution is -2.25. The van der Waals surface area contributed by atoms with Crippen molar-refractivity contribution < 1.29 is 9.21 Å². The number of alkyl halides is 1. The van der Waals surface area contributed by atoms with Crippen LogP contribution in [-0.4, -0.2) is 5.91 Å². The van der Waals surface area contributed by atoms with Crippen LogP contribution >= 0.6 is 23.2 Å². The molecule has 0 radical (unpaired) electrons. The fourth-order valence-electron chi connectivity index (χ4n) is 1.34. The Bertz CT molecular complexity index is 510. The second kappa shape index (κ2) is 5.25. The van der Waals surface area contributed by atoms with E-state index in [4.69, 9.17) is 27.6 Å². The molecule has 0 saturated carbocycles. The van der Waals surface area contributed by atoms with Crippen molar-refractivity contribution in [2.24, 2.45) is 0 Å². The number of hydrogen-bond acceptors (Lipinski definition) is 2. The summed E-state index contributed by atoms with van der Waals surface area (Å²) in [6, 6.07) is 10.3. The highest BCUT2D eigenvalue weighted by molar-refractivity contribution is 6.32. The molecule has 0 aliphatic rings. The molecule has 1 aromatic heterocycles. The highest BCUT2D eigenvalue weighted by atomic mass is 35.5. The number of rotatable bonds is 3. The van der Waals surface area contributed by atoms with Gasteiger partial charge in [0.05, 0.1) is 11.3 Å². The Labute approximate surface area is 108 Å². The number of furan rings is 1. The van der Waals surface area contributed by atoms with Crippen molar-refractivity contribution in [2.45, 2.75) is 5.50 Å². The largest absolute Gasteiger partial charge is 0.464 e. The molecule has 88 valence electrons. The Morgan fingerprint density at radius 1 is 1.24 bits per heavy atom. The molecular weight excluding hydrogens is 261 g/mol. The monoisotopic (exact) mass is 269 g/mol. The van der Waals surface area contributed by atoms with Crippen LogP contribution < -0.4 is 5.32 Å². The van der Waals surface area contributed by atoms with E-state index in [-0.39, 0.29) is 5.91 Å².